The van der Waals surface area contributed by atoms with E-state index in [1.165, 1.54) is 35.1 Å². The van der Waals surface area contributed by atoms with Crippen molar-refractivity contribution in [2.45, 2.75) is 168 Å². The van der Waals surface area contributed by atoms with Crippen LogP contribution in [0, 0.1) is 0 Å². The molecule has 0 radical (unpaired) electrons. The van der Waals surface area contributed by atoms with E-state index in [0.717, 1.165) is 81.9 Å². The van der Waals surface area contributed by atoms with Crippen LogP contribution in [0.2, 0.25) is 0 Å². The van der Waals surface area contributed by atoms with Crippen molar-refractivity contribution in [2.24, 2.45) is 0 Å². The third-order valence-electron chi connectivity index (χ3n) is 13.3. The van der Waals surface area contributed by atoms with E-state index in [2.05, 4.69) is 142 Å². The minimum Gasteiger partial charge on any atom is -0.507 e. The predicted octanol–water partition coefficient (Wildman–Crippen LogP) is 11.2. The molecule has 4 aromatic rings. The third kappa shape index (κ3) is 9.71. The van der Waals surface area contributed by atoms with Gasteiger partial charge in [-0.15, -0.1) is 0 Å². The number of rotatable bonds is 0. The first kappa shape index (κ1) is 44.1. The van der Waals surface area contributed by atoms with Crippen molar-refractivity contribution in [3.05, 3.63) is 115 Å². The normalized spacial score (nSPS) is 19.5. The van der Waals surface area contributed by atoms with E-state index < -0.39 is 0 Å². The SMILES string of the molecule is CC(C)(C)c1cc2c(O)c(c1)Cc1cc(C(C)(C)C)cc3c1OCCN[C@H]1CCCC[C@@H]1NCCOc1c(cc(C(C)(C)C)cc1Cc1cc(C(C)(C)C)cc(c1O)C3)C2. The molecule has 2 aliphatic carbocycles. The van der Waals surface area contributed by atoms with Gasteiger partial charge in [-0.1, -0.05) is 144 Å². The highest BCUT2D eigenvalue weighted by Crippen LogP contribution is 2.44. The summed E-state index contributed by atoms with van der Waals surface area (Å²) in [5, 5.41) is 32.8. The Morgan fingerprint density at radius 1 is 0.417 bits per heavy atom. The number of hydrogen-bond donors (Lipinski definition) is 4. The van der Waals surface area contributed by atoms with E-state index in [1.807, 2.05) is 0 Å². The molecule has 2 aliphatic heterocycles. The molecule has 0 saturated heterocycles. The number of benzene rings is 4. The van der Waals surface area contributed by atoms with Gasteiger partial charge in [0.05, 0.1) is 0 Å². The van der Waals surface area contributed by atoms with Crippen LogP contribution >= 0.6 is 0 Å². The van der Waals surface area contributed by atoms with Crippen LogP contribution in [0.15, 0.2) is 48.5 Å². The second-order valence-electron chi connectivity index (χ2n) is 22.3. The van der Waals surface area contributed by atoms with Gasteiger partial charge in [-0.3, -0.25) is 0 Å². The van der Waals surface area contributed by atoms with Crippen molar-refractivity contribution in [3.8, 4) is 23.0 Å². The molecule has 0 aromatic heterocycles. The second-order valence-corrected chi connectivity index (χ2v) is 22.3. The molecule has 2 heterocycles. The van der Waals surface area contributed by atoms with Gasteiger partial charge < -0.3 is 30.3 Å². The van der Waals surface area contributed by atoms with E-state index in [9.17, 15) is 10.2 Å². The second kappa shape index (κ2) is 16.7. The molecule has 4 aliphatic rings. The quantitative estimate of drug-likeness (QED) is 0.125. The molecule has 1 fully saturated rings. The number of hydrogen-bond acceptors (Lipinski definition) is 6. The number of fused-ring (bicyclic) bond motifs is 6. The van der Waals surface area contributed by atoms with Gasteiger partial charge in [0.15, 0.2) is 0 Å². The number of phenols is 2. The van der Waals surface area contributed by atoms with Gasteiger partial charge in [-0.2, -0.15) is 0 Å². The highest BCUT2D eigenvalue weighted by atomic mass is 16.5. The lowest BCUT2D eigenvalue weighted by molar-refractivity contribution is 0.238. The first-order valence-electron chi connectivity index (χ1n) is 22.8. The lowest BCUT2D eigenvalue weighted by Gasteiger charge is -2.33. The van der Waals surface area contributed by atoms with Gasteiger partial charge in [0, 0.05) is 50.9 Å². The molecule has 10 bridgehead atoms. The summed E-state index contributed by atoms with van der Waals surface area (Å²) < 4.78 is 14.1. The van der Waals surface area contributed by atoms with Crippen molar-refractivity contribution in [1.29, 1.82) is 0 Å². The van der Waals surface area contributed by atoms with Crippen LogP contribution in [-0.2, 0) is 47.3 Å². The van der Waals surface area contributed by atoms with Gasteiger partial charge in [0.1, 0.15) is 36.2 Å². The van der Waals surface area contributed by atoms with Gasteiger partial charge in [0.2, 0.25) is 0 Å². The first-order chi connectivity index (χ1) is 28.1. The fourth-order valence-electron chi connectivity index (χ4n) is 9.43. The van der Waals surface area contributed by atoms with Crippen molar-refractivity contribution in [2.75, 3.05) is 26.3 Å². The maximum Gasteiger partial charge on any atom is 0.126 e. The Morgan fingerprint density at radius 2 is 0.667 bits per heavy atom. The maximum atomic E-state index is 12.5. The highest BCUT2D eigenvalue weighted by molar-refractivity contribution is 5.59. The fourth-order valence-corrected chi connectivity index (χ4v) is 9.43. The Balaban J connectivity index is 1.57. The zero-order valence-corrected chi connectivity index (χ0v) is 39.0. The Bertz CT molecular complexity index is 1950. The Morgan fingerprint density at radius 3 is 0.917 bits per heavy atom. The van der Waals surface area contributed by atoms with E-state index >= 15 is 0 Å². The number of phenolic OH excluding ortho intramolecular Hbond substituents is 2. The minimum atomic E-state index is -0.151. The van der Waals surface area contributed by atoms with E-state index in [4.69, 9.17) is 9.47 Å². The lowest BCUT2D eigenvalue weighted by atomic mass is 9.79. The monoisotopic (exact) mass is 815 g/mol. The third-order valence-corrected chi connectivity index (χ3v) is 13.3. The van der Waals surface area contributed by atoms with Crippen LogP contribution in [0.25, 0.3) is 0 Å². The van der Waals surface area contributed by atoms with E-state index in [1.54, 1.807) is 0 Å². The van der Waals surface area contributed by atoms with Gasteiger partial charge in [0.25, 0.3) is 0 Å². The van der Waals surface area contributed by atoms with Crippen LogP contribution in [0.3, 0.4) is 0 Å². The Labute approximate surface area is 361 Å². The number of ether oxygens (including phenoxy) is 2. The maximum absolute atomic E-state index is 12.5. The molecule has 2 atom stereocenters. The summed E-state index contributed by atoms with van der Waals surface area (Å²) in [6.45, 7) is 29.5. The smallest absolute Gasteiger partial charge is 0.126 e. The molecular formula is C54H74N2O4. The molecule has 4 N–H and O–H groups in total. The molecular weight excluding hydrogens is 741 g/mol. The van der Waals surface area contributed by atoms with Crippen LogP contribution in [-0.4, -0.2) is 48.6 Å². The Kier molecular flexibility index (Phi) is 12.3. The van der Waals surface area contributed by atoms with Crippen LogP contribution in [0.4, 0.5) is 0 Å². The summed E-state index contributed by atoms with van der Waals surface area (Å²) in [5.74, 6) is 2.38. The summed E-state index contributed by atoms with van der Waals surface area (Å²) in [7, 11) is 0. The zero-order valence-electron chi connectivity index (χ0n) is 39.0. The number of nitrogens with one attached hydrogen (secondary N) is 2. The zero-order chi connectivity index (χ0) is 43.4. The standard InChI is InChI=1S/C54H74N2O4/c1-51(2,3)41-25-33-21-37-29-43(53(7,8)9)31-39-23-35-27-42(52(4,5)6)28-36(48(35)58)24-40-32-44(54(10,11)12)30-38(22-34(26-41)47(33)57)50(40)60-20-18-56-46-16-14-13-15-45(46)55-17-19-59-49(37)39/h25-32,45-46,55-58H,13-24H2,1-12H3/t45-,46-/m0/s1. The van der Waals surface area contributed by atoms with E-state index in [-0.39, 0.29) is 21.7 Å². The summed E-state index contributed by atoms with van der Waals surface area (Å²) in [6.07, 6.45) is 6.74. The first-order valence-corrected chi connectivity index (χ1v) is 22.8. The summed E-state index contributed by atoms with van der Waals surface area (Å²) in [6, 6.07) is 18.8. The minimum absolute atomic E-state index is 0.148. The van der Waals surface area contributed by atoms with Crippen molar-refractivity contribution >= 4 is 0 Å². The predicted molar refractivity (Wildman–Crippen MR) is 248 cm³/mol. The van der Waals surface area contributed by atoms with Gasteiger partial charge in [-0.25, -0.2) is 0 Å². The van der Waals surface area contributed by atoms with Crippen molar-refractivity contribution in [3.63, 3.8) is 0 Å². The largest absolute Gasteiger partial charge is 0.507 e. The van der Waals surface area contributed by atoms with Crippen LogP contribution in [0.1, 0.15) is 176 Å². The van der Waals surface area contributed by atoms with Crippen molar-refractivity contribution in [1.82, 2.24) is 10.6 Å². The molecule has 324 valence electrons. The molecule has 0 amide bonds. The molecule has 0 unspecified atom stereocenters. The molecule has 1 saturated carbocycles. The van der Waals surface area contributed by atoms with Crippen LogP contribution < -0.4 is 20.1 Å². The van der Waals surface area contributed by atoms with Gasteiger partial charge >= 0.3 is 0 Å². The van der Waals surface area contributed by atoms with Crippen LogP contribution in [0.5, 0.6) is 23.0 Å². The van der Waals surface area contributed by atoms with Crippen molar-refractivity contribution < 1.29 is 19.7 Å². The average molecular weight is 815 g/mol. The molecule has 6 heteroatoms. The molecule has 0 spiro atoms. The summed E-state index contributed by atoms with van der Waals surface area (Å²) in [5.41, 5.74) is 12.0. The highest BCUT2D eigenvalue weighted by Gasteiger charge is 2.30. The molecule has 4 aromatic carbocycles. The van der Waals surface area contributed by atoms with Gasteiger partial charge in [-0.05, 0) is 101 Å². The van der Waals surface area contributed by atoms with E-state index in [0.29, 0.717) is 62.5 Å². The molecule has 8 rings (SSSR count). The summed E-state index contributed by atoms with van der Waals surface area (Å²) >= 11 is 0. The molecule has 6 nitrogen and oxygen atoms in total. The Hall–Kier alpha value is -4.00. The summed E-state index contributed by atoms with van der Waals surface area (Å²) in [4.78, 5) is 0. The number of aromatic hydroxyl groups is 2. The topological polar surface area (TPSA) is 83.0 Å². The lowest BCUT2D eigenvalue weighted by Crippen LogP contribution is -2.51. The fraction of sp³-hybridized carbons (Fsp3) is 0.556. The average Bonchev–Trinajstić information content (AvgIpc) is 3.14. The molecule has 60 heavy (non-hydrogen) atoms.